The molecule has 1 saturated heterocycles. The Balaban J connectivity index is 1.57. The highest BCUT2D eigenvalue weighted by molar-refractivity contribution is 5.76. The molecule has 1 aromatic rings. The van der Waals surface area contributed by atoms with E-state index in [9.17, 15) is 9.59 Å². The Kier molecular flexibility index (Phi) is 8.96. The zero-order chi connectivity index (χ0) is 18.6. The van der Waals surface area contributed by atoms with Gasteiger partial charge in [-0.2, -0.15) is 0 Å². The molecule has 0 spiro atoms. The van der Waals surface area contributed by atoms with E-state index in [4.69, 9.17) is 9.47 Å². The third kappa shape index (κ3) is 7.44. The van der Waals surface area contributed by atoms with E-state index >= 15 is 0 Å². The lowest BCUT2D eigenvalue weighted by atomic mass is 9.92. The van der Waals surface area contributed by atoms with E-state index in [0.717, 1.165) is 38.1 Å². The second-order valence-corrected chi connectivity index (χ2v) is 6.62. The van der Waals surface area contributed by atoms with Gasteiger partial charge in [-0.05, 0) is 37.3 Å². The van der Waals surface area contributed by atoms with E-state index in [1.54, 1.807) is 7.11 Å². The minimum atomic E-state index is 0.0821. The summed E-state index contributed by atoms with van der Waals surface area (Å²) in [6.07, 6.45) is 3.78. The van der Waals surface area contributed by atoms with Crippen molar-refractivity contribution >= 4 is 11.8 Å². The Morgan fingerprint density at radius 3 is 2.54 bits per heavy atom. The Morgan fingerprint density at radius 2 is 1.85 bits per heavy atom. The van der Waals surface area contributed by atoms with Crippen LogP contribution in [0.5, 0.6) is 5.75 Å². The zero-order valence-corrected chi connectivity index (χ0v) is 15.6. The Morgan fingerprint density at radius 1 is 1.12 bits per heavy atom. The lowest BCUT2D eigenvalue weighted by molar-refractivity contribution is -0.133. The van der Waals surface area contributed by atoms with Crippen molar-refractivity contribution in [3.8, 4) is 5.75 Å². The molecule has 0 aliphatic carbocycles. The van der Waals surface area contributed by atoms with Crippen LogP contribution in [0.4, 0.5) is 0 Å². The highest BCUT2D eigenvalue weighted by atomic mass is 16.5. The fourth-order valence-electron chi connectivity index (χ4n) is 3.12. The van der Waals surface area contributed by atoms with E-state index in [1.165, 1.54) is 0 Å². The summed E-state index contributed by atoms with van der Waals surface area (Å²) in [5.41, 5.74) is 0. The average Bonchev–Trinajstić information content (AvgIpc) is 2.68. The number of piperidine rings is 1. The van der Waals surface area contributed by atoms with Crippen molar-refractivity contribution in [3.63, 3.8) is 0 Å². The van der Waals surface area contributed by atoms with Crippen LogP contribution in [0, 0.1) is 5.92 Å². The molecule has 0 saturated carbocycles. The van der Waals surface area contributed by atoms with Gasteiger partial charge < -0.3 is 19.7 Å². The van der Waals surface area contributed by atoms with Crippen molar-refractivity contribution in [3.05, 3.63) is 30.3 Å². The molecule has 0 radical (unpaired) electrons. The molecule has 6 nitrogen and oxygen atoms in total. The number of methoxy groups -OCH3 is 1. The molecule has 0 bridgehead atoms. The molecule has 0 aromatic heterocycles. The van der Waals surface area contributed by atoms with Crippen LogP contribution in [0.25, 0.3) is 0 Å². The number of benzene rings is 1. The van der Waals surface area contributed by atoms with Gasteiger partial charge in [0, 0.05) is 33.2 Å². The second-order valence-electron chi connectivity index (χ2n) is 6.62. The average molecular weight is 362 g/mol. The monoisotopic (exact) mass is 362 g/mol. The largest absolute Gasteiger partial charge is 0.493 e. The lowest BCUT2D eigenvalue weighted by Crippen LogP contribution is -2.39. The van der Waals surface area contributed by atoms with Gasteiger partial charge in [-0.3, -0.25) is 9.59 Å². The molecule has 1 aromatic carbocycles. The topological polar surface area (TPSA) is 67.9 Å². The van der Waals surface area contributed by atoms with Crippen LogP contribution >= 0.6 is 0 Å². The minimum Gasteiger partial charge on any atom is -0.493 e. The predicted molar refractivity (Wildman–Crippen MR) is 100.0 cm³/mol. The van der Waals surface area contributed by atoms with E-state index < -0.39 is 0 Å². The molecule has 6 heteroatoms. The summed E-state index contributed by atoms with van der Waals surface area (Å²) < 4.78 is 10.5. The van der Waals surface area contributed by atoms with Crippen LogP contribution in [0.1, 0.15) is 32.1 Å². The molecule has 0 atom stereocenters. The van der Waals surface area contributed by atoms with Crippen molar-refractivity contribution in [2.24, 2.45) is 5.92 Å². The molecule has 2 rings (SSSR count). The summed E-state index contributed by atoms with van der Waals surface area (Å²) in [5.74, 6) is 1.55. The van der Waals surface area contributed by atoms with Gasteiger partial charge in [0.25, 0.3) is 0 Å². The first-order valence-electron chi connectivity index (χ1n) is 9.40. The minimum absolute atomic E-state index is 0.0821. The number of rotatable bonds is 10. The standard InChI is InChI=1S/C20H30N2O4/c1-25-16-12-21-19(23)8-7-17-9-13-22(14-10-17)20(24)11-15-26-18-5-3-2-4-6-18/h2-6,17H,7-16H2,1H3,(H,21,23). The number of hydrogen-bond acceptors (Lipinski definition) is 4. The van der Waals surface area contributed by atoms with Crippen molar-refractivity contribution in [2.45, 2.75) is 32.1 Å². The first-order valence-corrected chi connectivity index (χ1v) is 9.40. The number of likely N-dealkylation sites (tertiary alicyclic amines) is 1. The number of carbonyl (C=O) groups is 2. The molecule has 2 amide bonds. The molecule has 1 aliphatic rings. The van der Waals surface area contributed by atoms with Crippen LogP contribution in [0.3, 0.4) is 0 Å². The van der Waals surface area contributed by atoms with Crippen LogP contribution in [0.15, 0.2) is 30.3 Å². The fourth-order valence-corrected chi connectivity index (χ4v) is 3.12. The third-order valence-electron chi connectivity index (χ3n) is 4.70. The third-order valence-corrected chi connectivity index (χ3v) is 4.70. The van der Waals surface area contributed by atoms with E-state index in [-0.39, 0.29) is 11.8 Å². The van der Waals surface area contributed by atoms with Gasteiger partial charge in [-0.15, -0.1) is 0 Å². The number of ether oxygens (including phenoxy) is 2. The molecular formula is C20H30N2O4. The summed E-state index contributed by atoms with van der Waals surface area (Å²) in [5, 5.41) is 2.84. The van der Waals surface area contributed by atoms with Gasteiger partial charge in [0.1, 0.15) is 5.75 Å². The first kappa shape index (κ1) is 20.2. The summed E-state index contributed by atoms with van der Waals surface area (Å²) in [6, 6.07) is 9.55. The van der Waals surface area contributed by atoms with Gasteiger partial charge >= 0.3 is 0 Å². The summed E-state index contributed by atoms with van der Waals surface area (Å²) in [6.45, 7) is 3.07. The molecule has 1 N–H and O–H groups in total. The first-order chi connectivity index (χ1) is 12.7. The molecule has 1 fully saturated rings. The Bertz CT molecular complexity index is 542. The molecule has 0 unspecified atom stereocenters. The molecule has 26 heavy (non-hydrogen) atoms. The van der Waals surface area contributed by atoms with Crippen LogP contribution < -0.4 is 10.1 Å². The lowest BCUT2D eigenvalue weighted by Gasteiger charge is -2.32. The number of para-hydroxylation sites is 1. The number of amides is 2. The maximum absolute atomic E-state index is 12.3. The van der Waals surface area contributed by atoms with Crippen molar-refractivity contribution in [2.75, 3.05) is 40.0 Å². The number of carbonyl (C=O) groups excluding carboxylic acids is 2. The van der Waals surface area contributed by atoms with Crippen LogP contribution in [-0.2, 0) is 14.3 Å². The molecule has 1 heterocycles. The van der Waals surface area contributed by atoms with Gasteiger partial charge in [0.15, 0.2) is 0 Å². The van der Waals surface area contributed by atoms with E-state index in [2.05, 4.69) is 5.32 Å². The fraction of sp³-hybridized carbons (Fsp3) is 0.600. The van der Waals surface area contributed by atoms with Crippen molar-refractivity contribution in [1.29, 1.82) is 0 Å². The maximum atomic E-state index is 12.3. The Labute approximate surface area is 155 Å². The predicted octanol–water partition coefficient (Wildman–Crippen LogP) is 2.24. The van der Waals surface area contributed by atoms with Crippen LogP contribution in [0.2, 0.25) is 0 Å². The number of nitrogens with one attached hydrogen (secondary N) is 1. The molecule has 1 aliphatic heterocycles. The number of hydrogen-bond donors (Lipinski definition) is 1. The normalized spacial score (nSPS) is 14.9. The van der Waals surface area contributed by atoms with Crippen molar-refractivity contribution < 1.29 is 19.1 Å². The summed E-state index contributed by atoms with van der Waals surface area (Å²) in [4.78, 5) is 25.9. The Hall–Kier alpha value is -2.08. The van der Waals surface area contributed by atoms with Crippen molar-refractivity contribution in [1.82, 2.24) is 10.2 Å². The molecule has 144 valence electrons. The van der Waals surface area contributed by atoms with Gasteiger partial charge in [0.05, 0.1) is 19.6 Å². The van der Waals surface area contributed by atoms with E-state index in [0.29, 0.717) is 38.5 Å². The van der Waals surface area contributed by atoms with Crippen LogP contribution in [-0.4, -0.2) is 56.7 Å². The summed E-state index contributed by atoms with van der Waals surface area (Å²) >= 11 is 0. The smallest absolute Gasteiger partial charge is 0.225 e. The second kappa shape index (κ2) is 11.5. The zero-order valence-electron chi connectivity index (χ0n) is 15.6. The highest BCUT2D eigenvalue weighted by Crippen LogP contribution is 2.22. The number of nitrogens with zero attached hydrogens (tertiary/aromatic N) is 1. The van der Waals surface area contributed by atoms with Gasteiger partial charge in [0.2, 0.25) is 11.8 Å². The molecular weight excluding hydrogens is 332 g/mol. The van der Waals surface area contributed by atoms with E-state index in [1.807, 2.05) is 35.2 Å². The van der Waals surface area contributed by atoms with Gasteiger partial charge in [-0.25, -0.2) is 0 Å². The highest BCUT2D eigenvalue weighted by Gasteiger charge is 2.23. The van der Waals surface area contributed by atoms with Gasteiger partial charge in [-0.1, -0.05) is 18.2 Å². The summed E-state index contributed by atoms with van der Waals surface area (Å²) in [7, 11) is 1.62. The SMILES string of the molecule is COCCNC(=O)CCC1CCN(C(=O)CCOc2ccccc2)CC1. The maximum Gasteiger partial charge on any atom is 0.225 e. The quantitative estimate of drug-likeness (QED) is 0.648.